The third kappa shape index (κ3) is 2.79. The third-order valence-corrected chi connectivity index (χ3v) is 5.08. The fraction of sp³-hybridized carbons (Fsp3) is 0.368. The fourth-order valence-electron chi connectivity index (χ4n) is 3.82. The number of amides is 3. The number of hydrogen-bond acceptors (Lipinski definition) is 5. The van der Waals surface area contributed by atoms with Crippen molar-refractivity contribution in [2.75, 3.05) is 10.2 Å². The zero-order chi connectivity index (χ0) is 18.3. The first-order valence-corrected chi connectivity index (χ1v) is 8.77. The number of fused-ring (bicyclic) bond motifs is 1. The standard InChI is InChI=1S/C19H19N3O4/c1-11-9-16(21-26-11)20-17(23)12-5-4-6-13(10-12)22-18(24)14-7-2-3-8-15(14)19(22)25/h4-6,9-10,14-15H,2-3,7-8H2,1H3,(H,20,21,23). The fourth-order valence-corrected chi connectivity index (χ4v) is 3.82. The molecule has 134 valence electrons. The van der Waals surface area contributed by atoms with Gasteiger partial charge in [-0.15, -0.1) is 0 Å². The van der Waals surface area contributed by atoms with E-state index in [0.29, 0.717) is 22.8 Å². The summed E-state index contributed by atoms with van der Waals surface area (Å²) in [6.45, 7) is 1.73. The van der Waals surface area contributed by atoms with Gasteiger partial charge in [-0.3, -0.25) is 19.3 Å². The summed E-state index contributed by atoms with van der Waals surface area (Å²) in [6.07, 6.45) is 3.48. The zero-order valence-corrected chi connectivity index (χ0v) is 14.4. The van der Waals surface area contributed by atoms with Gasteiger partial charge in [0.25, 0.3) is 5.91 Å². The van der Waals surface area contributed by atoms with Gasteiger partial charge in [-0.05, 0) is 38.0 Å². The van der Waals surface area contributed by atoms with Crippen molar-refractivity contribution in [3.8, 4) is 0 Å². The van der Waals surface area contributed by atoms with Crippen LogP contribution in [0.2, 0.25) is 0 Å². The van der Waals surface area contributed by atoms with Crippen LogP contribution in [0.3, 0.4) is 0 Å². The molecule has 0 radical (unpaired) electrons. The molecule has 4 rings (SSSR count). The highest BCUT2D eigenvalue weighted by molar-refractivity contribution is 6.22. The first-order valence-electron chi connectivity index (χ1n) is 8.77. The summed E-state index contributed by atoms with van der Waals surface area (Å²) < 4.78 is 4.93. The highest BCUT2D eigenvalue weighted by atomic mass is 16.5. The molecule has 3 amide bonds. The minimum Gasteiger partial charge on any atom is -0.360 e. The average molecular weight is 353 g/mol. The molecule has 2 aliphatic rings. The average Bonchev–Trinajstić information content (AvgIpc) is 3.17. The topological polar surface area (TPSA) is 92.5 Å². The normalized spacial score (nSPS) is 22.4. The van der Waals surface area contributed by atoms with Crippen molar-refractivity contribution in [3.63, 3.8) is 0 Å². The van der Waals surface area contributed by atoms with E-state index in [0.717, 1.165) is 25.7 Å². The van der Waals surface area contributed by atoms with E-state index in [1.54, 1.807) is 37.3 Å². The Bertz CT molecular complexity index is 864. The van der Waals surface area contributed by atoms with Crippen LogP contribution in [0.4, 0.5) is 11.5 Å². The Morgan fingerprint density at radius 2 is 1.85 bits per heavy atom. The Morgan fingerprint density at radius 3 is 2.46 bits per heavy atom. The largest absolute Gasteiger partial charge is 0.360 e. The van der Waals surface area contributed by atoms with E-state index in [2.05, 4.69) is 10.5 Å². The van der Waals surface area contributed by atoms with Crippen molar-refractivity contribution in [1.29, 1.82) is 0 Å². The summed E-state index contributed by atoms with van der Waals surface area (Å²) in [5.41, 5.74) is 0.789. The van der Waals surface area contributed by atoms with Gasteiger partial charge in [0.2, 0.25) is 11.8 Å². The van der Waals surface area contributed by atoms with Gasteiger partial charge in [-0.2, -0.15) is 0 Å². The highest BCUT2D eigenvalue weighted by Crippen LogP contribution is 2.40. The van der Waals surface area contributed by atoms with Gasteiger partial charge in [-0.25, -0.2) is 0 Å². The number of aromatic nitrogens is 1. The maximum atomic E-state index is 12.7. The van der Waals surface area contributed by atoms with Gasteiger partial charge < -0.3 is 9.84 Å². The van der Waals surface area contributed by atoms with E-state index in [4.69, 9.17) is 4.52 Å². The van der Waals surface area contributed by atoms with E-state index in [-0.39, 0.29) is 29.6 Å². The number of aryl methyl sites for hydroxylation is 1. The molecule has 2 heterocycles. The maximum Gasteiger partial charge on any atom is 0.256 e. The lowest BCUT2D eigenvalue weighted by molar-refractivity contribution is -0.122. The molecule has 0 bridgehead atoms. The molecule has 1 saturated carbocycles. The van der Waals surface area contributed by atoms with E-state index in [9.17, 15) is 14.4 Å². The number of rotatable bonds is 3. The molecular weight excluding hydrogens is 334 g/mol. The summed E-state index contributed by atoms with van der Waals surface area (Å²) in [7, 11) is 0. The second kappa shape index (κ2) is 6.40. The second-order valence-corrected chi connectivity index (χ2v) is 6.84. The Kier molecular flexibility index (Phi) is 4.06. The van der Waals surface area contributed by atoms with E-state index < -0.39 is 0 Å². The Labute approximate surface area is 150 Å². The van der Waals surface area contributed by atoms with Crippen LogP contribution in [0, 0.1) is 18.8 Å². The first kappa shape index (κ1) is 16.5. The summed E-state index contributed by atoms with van der Waals surface area (Å²) >= 11 is 0. The summed E-state index contributed by atoms with van der Waals surface area (Å²) in [5, 5.41) is 6.37. The zero-order valence-electron chi connectivity index (χ0n) is 14.4. The van der Waals surface area contributed by atoms with Crippen LogP contribution in [0.25, 0.3) is 0 Å². The van der Waals surface area contributed by atoms with Crippen LogP contribution in [-0.2, 0) is 9.59 Å². The van der Waals surface area contributed by atoms with Gasteiger partial charge in [0.05, 0.1) is 17.5 Å². The lowest BCUT2D eigenvalue weighted by Gasteiger charge is -2.19. The van der Waals surface area contributed by atoms with Crippen LogP contribution in [0.15, 0.2) is 34.9 Å². The molecule has 0 spiro atoms. The number of anilines is 2. The molecule has 2 atom stereocenters. The van der Waals surface area contributed by atoms with Crippen molar-refractivity contribution in [2.24, 2.45) is 11.8 Å². The minimum atomic E-state index is -0.378. The van der Waals surface area contributed by atoms with Crippen molar-refractivity contribution < 1.29 is 18.9 Å². The van der Waals surface area contributed by atoms with Crippen LogP contribution < -0.4 is 10.2 Å². The quantitative estimate of drug-likeness (QED) is 0.857. The number of nitrogens with zero attached hydrogens (tertiary/aromatic N) is 2. The van der Waals surface area contributed by atoms with Crippen molar-refractivity contribution in [2.45, 2.75) is 32.6 Å². The number of benzene rings is 1. The number of carbonyl (C=O) groups excluding carboxylic acids is 3. The van der Waals surface area contributed by atoms with Crippen LogP contribution in [0.1, 0.15) is 41.8 Å². The molecule has 2 unspecified atom stereocenters. The monoisotopic (exact) mass is 353 g/mol. The van der Waals surface area contributed by atoms with Crippen molar-refractivity contribution in [1.82, 2.24) is 5.16 Å². The molecule has 1 aliphatic heterocycles. The highest BCUT2D eigenvalue weighted by Gasteiger charge is 2.48. The van der Waals surface area contributed by atoms with Gasteiger partial charge in [-0.1, -0.05) is 24.1 Å². The van der Waals surface area contributed by atoms with E-state index in [1.165, 1.54) is 4.90 Å². The summed E-state index contributed by atoms with van der Waals surface area (Å²) in [5.74, 6) is -0.203. The first-order chi connectivity index (χ1) is 12.5. The van der Waals surface area contributed by atoms with Gasteiger partial charge >= 0.3 is 0 Å². The molecule has 7 heteroatoms. The van der Waals surface area contributed by atoms with E-state index in [1.807, 2.05) is 0 Å². The molecule has 1 aromatic carbocycles. The Hall–Kier alpha value is -2.96. The number of nitrogens with one attached hydrogen (secondary N) is 1. The Morgan fingerprint density at radius 1 is 1.15 bits per heavy atom. The molecule has 26 heavy (non-hydrogen) atoms. The second-order valence-electron chi connectivity index (χ2n) is 6.84. The third-order valence-electron chi connectivity index (χ3n) is 5.08. The molecule has 2 fully saturated rings. The maximum absolute atomic E-state index is 12.7. The summed E-state index contributed by atoms with van der Waals surface area (Å²) in [4.78, 5) is 39.1. The van der Waals surface area contributed by atoms with Crippen molar-refractivity contribution in [3.05, 3.63) is 41.7 Å². The summed E-state index contributed by atoms with van der Waals surface area (Å²) in [6, 6.07) is 8.16. The SMILES string of the molecule is Cc1cc(NC(=O)c2cccc(N3C(=O)C4CCCCC4C3=O)c2)no1. The predicted octanol–water partition coefficient (Wildman–Crippen LogP) is 2.91. The lowest BCUT2D eigenvalue weighted by atomic mass is 9.81. The molecular formula is C19H19N3O4. The molecule has 1 aromatic heterocycles. The number of imide groups is 1. The van der Waals surface area contributed by atoms with Crippen molar-refractivity contribution >= 4 is 29.2 Å². The van der Waals surface area contributed by atoms with Crippen LogP contribution >= 0.6 is 0 Å². The van der Waals surface area contributed by atoms with Gasteiger partial charge in [0, 0.05) is 11.6 Å². The minimum absolute atomic E-state index is 0.149. The van der Waals surface area contributed by atoms with Crippen LogP contribution in [-0.4, -0.2) is 22.9 Å². The molecule has 1 N–H and O–H groups in total. The molecule has 7 nitrogen and oxygen atoms in total. The Balaban J connectivity index is 1.58. The predicted molar refractivity (Wildman–Crippen MR) is 93.6 cm³/mol. The number of hydrogen-bond donors (Lipinski definition) is 1. The van der Waals surface area contributed by atoms with Gasteiger partial charge in [0.1, 0.15) is 5.76 Å². The smallest absolute Gasteiger partial charge is 0.256 e. The lowest BCUT2D eigenvalue weighted by Crippen LogP contribution is -2.31. The van der Waals surface area contributed by atoms with Crippen LogP contribution in [0.5, 0.6) is 0 Å². The van der Waals surface area contributed by atoms with E-state index >= 15 is 0 Å². The molecule has 1 saturated heterocycles. The number of carbonyl (C=O) groups is 3. The molecule has 1 aliphatic carbocycles. The van der Waals surface area contributed by atoms with Gasteiger partial charge in [0.15, 0.2) is 5.82 Å². The molecule has 2 aromatic rings.